The van der Waals surface area contributed by atoms with Crippen LogP contribution in [0.1, 0.15) is 27.3 Å². The highest BCUT2D eigenvalue weighted by Crippen LogP contribution is 2.31. The fourth-order valence-electron chi connectivity index (χ4n) is 3.57. The van der Waals surface area contributed by atoms with Gasteiger partial charge in [0, 0.05) is 13.1 Å². The smallest absolute Gasteiger partial charge is 0.293 e. The van der Waals surface area contributed by atoms with Crippen LogP contribution in [-0.4, -0.2) is 44.8 Å². The maximum Gasteiger partial charge on any atom is 0.293 e. The van der Waals surface area contributed by atoms with E-state index >= 15 is 0 Å². The number of carbonyl (C=O) groups is 3. The van der Waals surface area contributed by atoms with Crippen molar-refractivity contribution in [1.29, 1.82) is 0 Å². The highest BCUT2D eigenvalue weighted by molar-refractivity contribution is 8.18. The molecule has 1 aliphatic rings. The van der Waals surface area contributed by atoms with Crippen LogP contribution in [0.2, 0.25) is 0 Å². The molecule has 0 atom stereocenters. The number of benzene rings is 2. The van der Waals surface area contributed by atoms with Gasteiger partial charge in [-0.3, -0.25) is 19.3 Å². The number of aromatic nitrogens is 2. The molecule has 0 aliphatic carbocycles. The molecule has 33 heavy (non-hydrogen) atoms. The SMILES string of the molecule is Cc1nn(-c2ccc(F)cc2)c(C)c1C(=O)NCCN1C(=O)S/C(=C\c2ccccc2)C1=O. The van der Waals surface area contributed by atoms with Gasteiger partial charge in [-0.2, -0.15) is 5.10 Å². The summed E-state index contributed by atoms with van der Waals surface area (Å²) in [4.78, 5) is 39.2. The van der Waals surface area contributed by atoms with Crippen LogP contribution in [0.25, 0.3) is 11.8 Å². The average molecular weight is 465 g/mol. The second-order valence-corrected chi connectivity index (χ2v) is 8.43. The lowest BCUT2D eigenvalue weighted by Gasteiger charge is -2.13. The van der Waals surface area contributed by atoms with E-state index in [1.54, 1.807) is 36.7 Å². The first kappa shape index (κ1) is 22.5. The van der Waals surface area contributed by atoms with E-state index < -0.39 is 0 Å². The molecular weight excluding hydrogens is 443 g/mol. The van der Waals surface area contributed by atoms with E-state index in [1.165, 1.54) is 12.1 Å². The number of nitrogens with zero attached hydrogens (tertiary/aromatic N) is 3. The Kier molecular flexibility index (Phi) is 6.41. The van der Waals surface area contributed by atoms with Crippen molar-refractivity contribution in [2.45, 2.75) is 13.8 Å². The summed E-state index contributed by atoms with van der Waals surface area (Å²) in [6.07, 6.45) is 1.68. The van der Waals surface area contributed by atoms with E-state index in [9.17, 15) is 18.8 Å². The molecule has 2 aromatic carbocycles. The zero-order chi connectivity index (χ0) is 23.5. The highest BCUT2D eigenvalue weighted by Gasteiger charge is 2.34. The number of hydrogen-bond donors (Lipinski definition) is 1. The summed E-state index contributed by atoms with van der Waals surface area (Å²) in [6.45, 7) is 3.64. The standard InChI is InChI=1S/C24H21FN4O3S/c1-15-21(16(2)29(27-15)19-10-8-18(25)9-11-19)22(30)26-12-13-28-23(31)20(33-24(28)32)14-17-6-4-3-5-7-17/h3-11,14H,12-13H2,1-2H3,(H,26,30)/b20-14-. The predicted molar refractivity (Wildman–Crippen MR) is 124 cm³/mol. The summed E-state index contributed by atoms with van der Waals surface area (Å²) in [5, 5.41) is 6.79. The fourth-order valence-corrected chi connectivity index (χ4v) is 4.43. The number of rotatable bonds is 6. The van der Waals surface area contributed by atoms with Gasteiger partial charge in [0.2, 0.25) is 0 Å². The Hall–Kier alpha value is -3.72. The molecule has 3 aromatic rings. The molecule has 2 heterocycles. The van der Waals surface area contributed by atoms with E-state index in [-0.39, 0.29) is 36.0 Å². The normalized spacial score (nSPS) is 14.9. The van der Waals surface area contributed by atoms with Crippen LogP contribution in [0.4, 0.5) is 9.18 Å². The molecule has 1 aromatic heterocycles. The second kappa shape index (κ2) is 9.41. The topological polar surface area (TPSA) is 84.3 Å². The molecule has 4 rings (SSSR count). The van der Waals surface area contributed by atoms with Crippen molar-refractivity contribution in [3.63, 3.8) is 0 Å². The Balaban J connectivity index is 1.41. The Bertz CT molecular complexity index is 1250. The summed E-state index contributed by atoms with van der Waals surface area (Å²) in [5.41, 5.74) is 3.00. The number of aryl methyl sites for hydroxylation is 1. The molecular formula is C24H21FN4O3S. The third-order valence-corrected chi connectivity index (χ3v) is 6.09. The largest absolute Gasteiger partial charge is 0.350 e. The van der Waals surface area contributed by atoms with Crippen molar-refractivity contribution in [1.82, 2.24) is 20.0 Å². The van der Waals surface area contributed by atoms with E-state index in [0.717, 1.165) is 22.2 Å². The third kappa shape index (κ3) is 4.73. The summed E-state index contributed by atoms with van der Waals surface area (Å²) in [5.74, 6) is -1.09. The molecule has 1 saturated heterocycles. The maximum atomic E-state index is 13.2. The van der Waals surface area contributed by atoms with Gasteiger partial charge in [-0.1, -0.05) is 30.3 Å². The van der Waals surface area contributed by atoms with E-state index in [2.05, 4.69) is 10.4 Å². The minimum atomic E-state index is -0.375. The van der Waals surface area contributed by atoms with Crippen molar-refractivity contribution in [2.24, 2.45) is 0 Å². The molecule has 0 bridgehead atoms. The summed E-state index contributed by atoms with van der Waals surface area (Å²) in [7, 11) is 0. The van der Waals surface area contributed by atoms with Gasteiger partial charge in [0.25, 0.3) is 17.1 Å². The van der Waals surface area contributed by atoms with E-state index in [0.29, 0.717) is 27.5 Å². The van der Waals surface area contributed by atoms with Gasteiger partial charge in [-0.05, 0) is 61.5 Å². The molecule has 9 heteroatoms. The maximum absolute atomic E-state index is 13.2. The van der Waals surface area contributed by atoms with Crippen LogP contribution in [0.5, 0.6) is 0 Å². The van der Waals surface area contributed by atoms with Crippen LogP contribution in [0.3, 0.4) is 0 Å². The Morgan fingerprint density at radius 2 is 1.79 bits per heavy atom. The number of hydrogen-bond acceptors (Lipinski definition) is 5. The van der Waals surface area contributed by atoms with Crippen LogP contribution in [0, 0.1) is 19.7 Å². The minimum absolute atomic E-state index is 0.0622. The number of amides is 3. The molecule has 7 nitrogen and oxygen atoms in total. The summed E-state index contributed by atoms with van der Waals surface area (Å²) >= 11 is 0.884. The second-order valence-electron chi connectivity index (χ2n) is 7.43. The monoisotopic (exact) mass is 464 g/mol. The van der Waals surface area contributed by atoms with Gasteiger partial charge in [-0.15, -0.1) is 0 Å². The van der Waals surface area contributed by atoms with E-state index in [4.69, 9.17) is 0 Å². The molecule has 0 spiro atoms. The Labute approximate surface area is 194 Å². The number of thioether (sulfide) groups is 1. The first-order valence-corrected chi connectivity index (χ1v) is 11.1. The quantitative estimate of drug-likeness (QED) is 0.556. The molecule has 3 amide bonds. The summed E-state index contributed by atoms with van der Waals surface area (Å²) < 4.78 is 14.8. The van der Waals surface area contributed by atoms with E-state index in [1.807, 2.05) is 30.3 Å². The Morgan fingerprint density at radius 1 is 1.09 bits per heavy atom. The zero-order valence-corrected chi connectivity index (χ0v) is 18.9. The van der Waals surface area contributed by atoms with Gasteiger partial charge in [0.15, 0.2) is 0 Å². The lowest BCUT2D eigenvalue weighted by molar-refractivity contribution is -0.122. The van der Waals surface area contributed by atoms with Gasteiger partial charge >= 0.3 is 0 Å². The number of imide groups is 1. The van der Waals surface area contributed by atoms with Crippen LogP contribution in [-0.2, 0) is 4.79 Å². The summed E-state index contributed by atoms with van der Waals surface area (Å²) in [6, 6.07) is 15.1. The molecule has 1 aliphatic heterocycles. The molecule has 168 valence electrons. The number of nitrogens with one attached hydrogen (secondary N) is 1. The minimum Gasteiger partial charge on any atom is -0.350 e. The number of halogens is 1. The third-order valence-electron chi connectivity index (χ3n) is 5.18. The van der Waals surface area contributed by atoms with Crippen LogP contribution >= 0.6 is 11.8 Å². The average Bonchev–Trinajstić information content (AvgIpc) is 3.24. The van der Waals surface area contributed by atoms with Crippen LogP contribution < -0.4 is 5.32 Å². The lowest BCUT2D eigenvalue weighted by atomic mass is 10.2. The van der Waals surface area contributed by atoms with Crippen molar-refractivity contribution < 1.29 is 18.8 Å². The van der Waals surface area contributed by atoms with Crippen molar-refractivity contribution in [3.8, 4) is 5.69 Å². The van der Waals surface area contributed by atoms with Crippen molar-refractivity contribution >= 4 is 34.9 Å². The van der Waals surface area contributed by atoms with Gasteiger partial charge in [0.05, 0.1) is 27.5 Å². The van der Waals surface area contributed by atoms with Gasteiger partial charge < -0.3 is 5.32 Å². The van der Waals surface area contributed by atoms with Crippen LogP contribution in [0.15, 0.2) is 59.5 Å². The molecule has 1 N–H and O–H groups in total. The molecule has 1 fully saturated rings. The Morgan fingerprint density at radius 3 is 2.48 bits per heavy atom. The first-order chi connectivity index (χ1) is 15.8. The first-order valence-electron chi connectivity index (χ1n) is 10.3. The van der Waals surface area contributed by atoms with Crippen molar-refractivity contribution in [3.05, 3.63) is 87.8 Å². The molecule has 0 saturated carbocycles. The lowest BCUT2D eigenvalue weighted by Crippen LogP contribution is -2.37. The molecule has 0 radical (unpaired) electrons. The van der Waals surface area contributed by atoms with Gasteiger partial charge in [-0.25, -0.2) is 9.07 Å². The van der Waals surface area contributed by atoms with Gasteiger partial charge in [0.1, 0.15) is 5.82 Å². The highest BCUT2D eigenvalue weighted by atomic mass is 32.2. The molecule has 0 unspecified atom stereocenters. The number of carbonyl (C=O) groups excluding carboxylic acids is 3. The van der Waals surface area contributed by atoms with Crippen molar-refractivity contribution in [2.75, 3.05) is 13.1 Å². The zero-order valence-electron chi connectivity index (χ0n) is 18.0. The fraction of sp³-hybridized carbons (Fsp3) is 0.167. The predicted octanol–water partition coefficient (Wildman–Crippen LogP) is 4.09.